The molecule has 0 aliphatic carbocycles. The fraction of sp³-hybridized carbons (Fsp3) is 0.833. The van der Waals surface area contributed by atoms with Crippen molar-refractivity contribution in [2.75, 3.05) is 39.3 Å². The molecule has 0 saturated carbocycles. The third kappa shape index (κ3) is 3.65. The Bertz CT molecular complexity index is 342. The predicted molar refractivity (Wildman–Crippen MR) is 67.6 cm³/mol. The van der Waals surface area contributed by atoms with Crippen LogP contribution in [0.5, 0.6) is 0 Å². The Kier molecular flexibility index (Phi) is 4.73. The van der Waals surface area contributed by atoms with E-state index < -0.39 is 5.97 Å². The van der Waals surface area contributed by atoms with Crippen LogP contribution in [0.25, 0.3) is 0 Å². The number of nitrogens with two attached hydrogens (primary N) is 1. The van der Waals surface area contributed by atoms with Gasteiger partial charge in [0.25, 0.3) is 5.91 Å². The fourth-order valence-electron chi connectivity index (χ4n) is 2.58. The second-order valence-corrected chi connectivity index (χ2v) is 5.05. The highest BCUT2D eigenvalue weighted by molar-refractivity contribution is 5.81. The van der Waals surface area contributed by atoms with Crippen molar-refractivity contribution < 1.29 is 19.4 Å². The third-order valence-electron chi connectivity index (χ3n) is 3.69. The van der Waals surface area contributed by atoms with Gasteiger partial charge in [-0.1, -0.05) is 0 Å². The van der Waals surface area contributed by atoms with Gasteiger partial charge < -0.3 is 20.5 Å². The van der Waals surface area contributed by atoms with Gasteiger partial charge in [0.05, 0.1) is 12.6 Å². The standard InChI is InChI=1S/C12H21N3O4/c13-7-9-1-2-10(19-9)12(18)15-5-3-14(4-6-15)8-11(16)17/h9-10H,1-8,13H2,(H,16,17). The number of ether oxygens (including phenoxy) is 1. The Morgan fingerprint density at radius 3 is 2.42 bits per heavy atom. The number of amides is 1. The lowest BCUT2D eigenvalue weighted by Crippen LogP contribution is -2.52. The van der Waals surface area contributed by atoms with Crippen molar-refractivity contribution in [2.24, 2.45) is 5.73 Å². The van der Waals surface area contributed by atoms with Crippen molar-refractivity contribution in [3.63, 3.8) is 0 Å². The van der Waals surface area contributed by atoms with Gasteiger partial charge in [-0.05, 0) is 12.8 Å². The fourth-order valence-corrected chi connectivity index (χ4v) is 2.58. The van der Waals surface area contributed by atoms with Gasteiger partial charge >= 0.3 is 5.97 Å². The van der Waals surface area contributed by atoms with Crippen molar-refractivity contribution in [1.82, 2.24) is 9.80 Å². The lowest BCUT2D eigenvalue weighted by Gasteiger charge is -2.35. The lowest BCUT2D eigenvalue weighted by molar-refractivity contribution is -0.145. The summed E-state index contributed by atoms with van der Waals surface area (Å²) in [6, 6.07) is 0. The van der Waals surface area contributed by atoms with Crippen LogP contribution in [0.4, 0.5) is 0 Å². The first kappa shape index (κ1) is 14.2. The summed E-state index contributed by atoms with van der Waals surface area (Å²) in [5.74, 6) is -0.810. The minimum Gasteiger partial charge on any atom is -0.480 e. The molecule has 0 aromatic rings. The van der Waals surface area contributed by atoms with Crippen LogP contribution in [0, 0.1) is 0 Å². The second kappa shape index (κ2) is 6.31. The van der Waals surface area contributed by atoms with Crippen LogP contribution in [0.2, 0.25) is 0 Å². The average molecular weight is 271 g/mol. The molecule has 0 bridgehead atoms. The Morgan fingerprint density at radius 1 is 1.21 bits per heavy atom. The number of carbonyl (C=O) groups excluding carboxylic acids is 1. The maximum Gasteiger partial charge on any atom is 0.317 e. The van der Waals surface area contributed by atoms with E-state index in [4.69, 9.17) is 15.6 Å². The molecule has 0 aromatic heterocycles. The van der Waals surface area contributed by atoms with Gasteiger partial charge in [-0.2, -0.15) is 0 Å². The molecular formula is C12H21N3O4. The Hall–Kier alpha value is -1.18. The first-order valence-electron chi connectivity index (χ1n) is 6.68. The summed E-state index contributed by atoms with van der Waals surface area (Å²) in [7, 11) is 0. The number of carboxylic acids is 1. The molecule has 2 heterocycles. The number of carboxylic acid groups (broad SMARTS) is 1. The Labute approximate surface area is 112 Å². The molecular weight excluding hydrogens is 250 g/mol. The number of carbonyl (C=O) groups is 2. The molecule has 108 valence electrons. The molecule has 2 saturated heterocycles. The molecule has 2 fully saturated rings. The molecule has 7 heteroatoms. The molecule has 2 atom stereocenters. The zero-order chi connectivity index (χ0) is 13.8. The number of piperazine rings is 1. The zero-order valence-corrected chi connectivity index (χ0v) is 11.0. The summed E-state index contributed by atoms with van der Waals surface area (Å²) in [6.45, 7) is 2.84. The Balaban J connectivity index is 1.78. The molecule has 19 heavy (non-hydrogen) atoms. The third-order valence-corrected chi connectivity index (χ3v) is 3.69. The molecule has 2 aliphatic rings. The van der Waals surface area contributed by atoms with E-state index in [-0.39, 0.29) is 24.7 Å². The molecule has 0 radical (unpaired) electrons. The molecule has 2 rings (SSSR count). The van der Waals surface area contributed by atoms with Crippen LogP contribution in [-0.2, 0) is 14.3 Å². The van der Waals surface area contributed by atoms with Crippen molar-refractivity contribution in [3.8, 4) is 0 Å². The highest BCUT2D eigenvalue weighted by atomic mass is 16.5. The van der Waals surface area contributed by atoms with Gasteiger partial charge in [0.1, 0.15) is 6.10 Å². The number of hydrogen-bond donors (Lipinski definition) is 2. The van der Waals surface area contributed by atoms with E-state index in [0.717, 1.165) is 12.8 Å². The monoisotopic (exact) mass is 271 g/mol. The number of nitrogens with zero attached hydrogens (tertiary/aromatic N) is 2. The van der Waals surface area contributed by atoms with E-state index in [1.807, 2.05) is 4.90 Å². The number of aliphatic carboxylic acids is 1. The summed E-state index contributed by atoms with van der Waals surface area (Å²) in [5, 5.41) is 8.72. The van der Waals surface area contributed by atoms with E-state index in [0.29, 0.717) is 32.7 Å². The zero-order valence-electron chi connectivity index (χ0n) is 11.0. The summed E-state index contributed by atoms with van der Waals surface area (Å²) in [5.41, 5.74) is 5.53. The lowest BCUT2D eigenvalue weighted by atomic mass is 10.1. The molecule has 0 spiro atoms. The van der Waals surface area contributed by atoms with E-state index >= 15 is 0 Å². The minimum absolute atomic E-state index is 0.00208. The maximum absolute atomic E-state index is 12.2. The largest absolute Gasteiger partial charge is 0.480 e. The SMILES string of the molecule is NCC1CCC(C(=O)N2CCN(CC(=O)O)CC2)O1. The predicted octanol–water partition coefficient (Wildman–Crippen LogP) is -1.28. The van der Waals surface area contributed by atoms with Crippen LogP contribution in [0.1, 0.15) is 12.8 Å². The van der Waals surface area contributed by atoms with Crippen molar-refractivity contribution in [1.29, 1.82) is 0 Å². The molecule has 3 N–H and O–H groups in total. The van der Waals surface area contributed by atoms with Gasteiger partial charge in [-0.25, -0.2) is 0 Å². The van der Waals surface area contributed by atoms with Crippen LogP contribution in [0.3, 0.4) is 0 Å². The average Bonchev–Trinajstić information content (AvgIpc) is 2.87. The first-order valence-corrected chi connectivity index (χ1v) is 6.68. The van der Waals surface area contributed by atoms with Gasteiger partial charge in [0.15, 0.2) is 0 Å². The normalized spacial score (nSPS) is 28.6. The molecule has 7 nitrogen and oxygen atoms in total. The summed E-state index contributed by atoms with van der Waals surface area (Å²) in [6.07, 6.45) is 1.21. The minimum atomic E-state index is -0.829. The molecule has 0 aromatic carbocycles. The van der Waals surface area contributed by atoms with Gasteiger partial charge in [0, 0.05) is 32.7 Å². The van der Waals surface area contributed by atoms with E-state index in [1.165, 1.54) is 0 Å². The quantitative estimate of drug-likeness (QED) is 0.661. The highest BCUT2D eigenvalue weighted by Crippen LogP contribution is 2.21. The Morgan fingerprint density at radius 2 is 1.89 bits per heavy atom. The van der Waals surface area contributed by atoms with Gasteiger partial charge in [-0.15, -0.1) is 0 Å². The maximum atomic E-state index is 12.2. The molecule has 1 amide bonds. The van der Waals surface area contributed by atoms with Crippen LogP contribution in [-0.4, -0.2) is 78.3 Å². The smallest absolute Gasteiger partial charge is 0.317 e. The van der Waals surface area contributed by atoms with Crippen LogP contribution < -0.4 is 5.73 Å². The molecule has 2 unspecified atom stereocenters. The topological polar surface area (TPSA) is 96.1 Å². The van der Waals surface area contributed by atoms with Crippen LogP contribution >= 0.6 is 0 Å². The summed E-state index contributed by atoms with van der Waals surface area (Å²) in [4.78, 5) is 26.4. The molecule has 2 aliphatic heterocycles. The van der Waals surface area contributed by atoms with E-state index in [1.54, 1.807) is 4.90 Å². The first-order chi connectivity index (χ1) is 9.10. The second-order valence-electron chi connectivity index (χ2n) is 5.05. The van der Waals surface area contributed by atoms with Crippen molar-refractivity contribution in [3.05, 3.63) is 0 Å². The van der Waals surface area contributed by atoms with E-state index in [2.05, 4.69) is 0 Å². The highest BCUT2D eigenvalue weighted by Gasteiger charge is 2.34. The number of rotatable bonds is 4. The van der Waals surface area contributed by atoms with E-state index in [9.17, 15) is 9.59 Å². The van der Waals surface area contributed by atoms with Gasteiger partial charge in [-0.3, -0.25) is 14.5 Å². The summed E-state index contributed by atoms with van der Waals surface area (Å²) < 4.78 is 5.59. The van der Waals surface area contributed by atoms with Crippen molar-refractivity contribution in [2.45, 2.75) is 25.0 Å². The van der Waals surface area contributed by atoms with Gasteiger partial charge in [0.2, 0.25) is 0 Å². The van der Waals surface area contributed by atoms with Crippen molar-refractivity contribution >= 4 is 11.9 Å². The van der Waals surface area contributed by atoms with Crippen LogP contribution in [0.15, 0.2) is 0 Å². The summed E-state index contributed by atoms with van der Waals surface area (Å²) >= 11 is 0. The number of hydrogen-bond acceptors (Lipinski definition) is 5.